The maximum absolute atomic E-state index is 13.5. The summed E-state index contributed by atoms with van der Waals surface area (Å²) in [6.45, 7) is 0. The fourth-order valence-electron chi connectivity index (χ4n) is 1.34. The highest BCUT2D eigenvalue weighted by Gasteiger charge is 2.09. The molecule has 0 saturated heterocycles. The molecule has 0 aliphatic rings. The molecule has 0 spiro atoms. The van der Waals surface area contributed by atoms with Crippen LogP contribution in [0.2, 0.25) is 5.15 Å². The normalized spacial score (nSPS) is 10.4. The summed E-state index contributed by atoms with van der Waals surface area (Å²) in [4.78, 5) is 3.92. The van der Waals surface area contributed by atoms with Crippen LogP contribution < -0.4 is 11.1 Å². The number of nitrogen functional groups attached to an aromatic ring is 1. The number of nitrogens with one attached hydrogen (secondary N) is 1. The van der Waals surface area contributed by atoms with Crippen molar-refractivity contribution in [2.24, 2.45) is 0 Å². The molecule has 2 aromatic rings. The van der Waals surface area contributed by atoms with Crippen LogP contribution in [0.1, 0.15) is 0 Å². The molecule has 3 N–H and O–H groups in total. The smallest absolute Gasteiger partial charge is 0.149 e. The van der Waals surface area contributed by atoms with Crippen LogP contribution in [0.3, 0.4) is 0 Å². The standard InChI is InChI=1S/C11H7BrClF2N3/c12-6-3-9(8(15)4-7(6)14)17-11-2-5(16)1-10(13)18-11/h1-4H,(H3,16,17,18). The first kappa shape index (κ1) is 13.0. The number of hydrogen-bond donors (Lipinski definition) is 2. The van der Waals surface area contributed by atoms with Gasteiger partial charge in [-0.3, -0.25) is 0 Å². The van der Waals surface area contributed by atoms with Gasteiger partial charge in [0, 0.05) is 17.8 Å². The van der Waals surface area contributed by atoms with E-state index < -0.39 is 11.6 Å². The highest BCUT2D eigenvalue weighted by Crippen LogP contribution is 2.27. The Morgan fingerprint density at radius 1 is 1.17 bits per heavy atom. The summed E-state index contributed by atoms with van der Waals surface area (Å²) in [6, 6.07) is 4.98. The van der Waals surface area contributed by atoms with E-state index in [9.17, 15) is 8.78 Å². The summed E-state index contributed by atoms with van der Waals surface area (Å²) < 4.78 is 26.7. The van der Waals surface area contributed by atoms with Gasteiger partial charge < -0.3 is 11.1 Å². The predicted octanol–water partition coefficient (Wildman–Crippen LogP) is 4.10. The topological polar surface area (TPSA) is 50.9 Å². The van der Waals surface area contributed by atoms with Crippen molar-refractivity contribution >= 4 is 44.7 Å². The Morgan fingerprint density at radius 2 is 1.89 bits per heavy atom. The summed E-state index contributed by atoms with van der Waals surface area (Å²) in [5.41, 5.74) is 6.03. The van der Waals surface area contributed by atoms with Crippen LogP contribution in [0.15, 0.2) is 28.7 Å². The minimum Gasteiger partial charge on any atom is -0.399 e. The van der Waals surface area contributed by atoms with Gasteiger partial charge in [-0.25, -0.2) is 13.8 Å². The first-order valence-electron chi connectivity index (χ1n) is 4.80. The molecule has 1 aromatic heterocycles. The zero-order chi connectivity index (χ0) is 13.3. The summed E-state index contributed by atoms with van der Waals surface area (Å²) in [5, 5.41) is 2.85. The largest absolute Gasteiger partial charge is 0.399 e. The maximum atomic E-state index is 13.5. The van der Waals surface area contributed by atoms with Crippen molar-refractivity contribution < 1.29 is 8.78 Å². The lowest BCUT2D eigenvalue weighted by atomic mass is 10.3. The van der Waals surface area contributed by atoms with E-state index in [1.165, 1.54) is 18.2 Å². The number of nitrogens with zero attached hydrogens (tertiary/aromatic N) is 1. The van der Waals surface area contributed by atoms with Crippen molar-refractivity contribution in [2.45, 2.75) is 0 Å². The molecular formula is C11H7BrClF2N3. The molecular weight excluding hydrogens is 327 g/mol. The van der Waals surface area contributed by atoms with E-state index in [4.69, 9.17) is 17.3 Å². The predicted molar refractivity (Wildman–Crippen MR) is 71.0 cm³/mol. The molecule has 94 valence electrons. The Balaban J connectivity index is 2.36. The Hall–Kier alpha value is -1.40. The zero-order valence-electron chi connectivity index (χ0n) is 8.85. The lowest BCUT2D eigenvalue weighted by molar-refractivity contribution is 0.581. The molecule has 2 rings (SSSR count). The van der Waals surface area contributed by atoms with Crippen molar-refractivity contribution in [1.29, 1.82) is 0 Å². The van der Waals surface area contributed by atoms with Gasteiger partial charge in [0.15, 0.2) is 0 Å². The highest BCUT2D eigenvalue weighted by molar-refractivity contribution is 9.10. The van der Waals surface area contributed by atoms with Crippen LogP contribution in [0.4, 0.5) is 26.0 Å². The average Bonchev–Trinajstić information content (AvgIpc) is 2.24. The van der Waals surface area contributed by atoms with Gasteiger partial charge in [-0.2, -0.15) is 0 Å². The second-order valence-corrected chi connectivity index (χ2v) is 4.72. The monoisotopic (exact) mass is 333 g/mol. The molecule has 0 radical (unpaired) electrons. The van der Waals surface area contributed by atoms with Crippen LogP contribution in [0, 0.1) is 11.6 Å². The zero-order valence-corrected chi connectivity index (χ0v) is 11.2. The van der Waals surface area contributed by atoms with Crippen LogP contribution in [0.25, 0.3) is 0 Å². The molecule has 3 nitrogen and oxygen atoms in total. The van der Waals surface area contributed by atoms with E-state index >= 15 is 0 Å². The van der Waals surface area contributed by atoms with Crippen molar-refractivity contribution in [3.05, 3.63) is 45.5 Å². The van der Waals surface area contributed by atoms with Gasteiger partial charge in [0.25, 0.3) is 0 Å². The summed E-state index contributed by atoms with van der Waals surface area (Å²) in [5.74, 6) is -1.15. The molecule has 0 bridgehead atoms. The van der Waals surface area contributed by atoms with Crippen LogP contribution >= 0.6 is 27.5 Å². The first-order valence-corrected chi connectivity index (χ1v) is 5.97. The summed E-state index contributed by atoms with van der Waals surface area (Å²) in [7, 11) is 0. The van der Waals surface area contributed by atoms with Crippen molar-refractivity contribution in [1.82, 2.24) is 4.98 Å². The van der Waals surface area contributed by atoms with E-state index in [0.717, 1.165) is 6.07 Å². The molecule has 7 heteroatoms. The Labute approximate surface area is 115 Å². The second-order valence-electron chi connectivity index (χ2n) is 3.48. The number of aromatic nitrogens is 1. The molecule has 0 unspecified atom stereocenters. The molecule has 0 aliphatic carbocycles. The van der Waals surface area contributed by atoms with E-state index in [0.29, 0.717) is 5.69 Å². The molecule has 18 heavy (non-hydrogen) atoms. The van der Waals surface area contributed by atoms with Crippen LogP contribution in [-0.2, 0) is 0 Å². The maximum Gasteiger partial charge on any atom is 0.149 e. The number of hydrogen-bond acceptors (Lipinski definition) is 3. The molecule has 1 heterocycles. The Bertz CT molecular complexity index is 587. The molecule has 0 atom stereocenters. The van der Waals surface area contributed by atoms with Crippen molar-refractivity contribution in [3.63, 3.8) is 0 Å². The minimum atomic E-state index is -0.740. The van der Waals surface area contributed by atoms with Crippen molar-refractivity contribution in [2.75, 3.05) is 11.1 Å². The molecule has 0 saturated carbocycles. The van der Waals surface area contributed by atoms with E-state index in [-0.39, 0.29) is 21.1 Å². The van der Waals surface area contributed by atoms with Gasteiger partial charge in [-0.1, -0.05) is 11.6 Å². The third-order valence-electron chi connectivity index (χ3n) is 2.09. The Morgan fingerprint density at radius 3 is 2.56 bits per heavy atom. The van der Waals surface area contributed by atoms with Gasteiger partial charge in [0.1, 0.15) is 22.6 Å². The Kier molecular flexibility index (Phi) is 3.68. The van der Waals surface area contributed by atoms with Gasteiger partial charge in [-0.05, 0) is 28.1 Å². The van der Waals surface area contributed by atoms with Crippen LogP contribution in [0.5, 0.6) is 0 Å². The van der Waals surface area contributed by atoms with Gasteiger partial charge in [0.2, 0.25) is 0 Å². The minimum absolute atomic E-state index is 0.0671. The quantitative estimate of drug-likeness (QED) is 0.642. The SMILES string of the molecule is Nc1cc(Cl)nc(Nc2cc(Br)c(F)cc2F)c1. The first-order chi connectivity index (χ1) is 8.45. The van der Waals surface area contributed by atoms with Crippen LogP contribution in [-0.4, -0.2) is 4.98 Å². The van der Waals surface area contributed by atoms with Gasteiger partial charge >= 0.3 is 0 Å². The highest BCUT2D eigenvalue weighted by atomic mass is 79.9. The molecule has 0 aliphatic heterocycles. The fraction of sp³-hybridized carbons (Fsp3) is 0. The number of pyridine rings is 1. The lowest BCUT2D eigenvalue weighted by Crippen LogP contribution is -1.99. The second kappa shape index (κ2) is 5.07. The number of benzene rings is 1. The number of rotatable bonds is 2. The van der Waals surface area contributed by atoms with Gasteiger partial charge in [0.05, 0.1) is 10.2 Å². The third-order valence-corrected chi connectivity index (χ3v) is 2.89. The fourth-order valence-corrected chi connectivity index (χ4v) is 1.90. The van der Waals surface area contributed by atoms with E-state index in [1.807, 2.05) is 0 Å². The number of halogens is 4. The molecule has 1 aromatic carbocycles. The number of anilines is 3. The van der Waals surface area contributed by atoms with E-state index in [2.05, 4.69) is 26.2 Å². The molecule has 0 fully saturated rings. The third kappa shape index (κ3) is 2.88. The summed E-state index contributed by atoms with van der Waals surface area (Å²) >= 11 is 8.69. The van der Waals surface area contributed by atoms with Crippen molar-refractivity contribution in [3.8, 4) is 0 Å². The lowest BCUT2D eigenvalue weighted by Gasteiger charge is -2.09. The number of nitrogens with two attached hydrogens (primary N) is 1. The van der Waals surface area contributed by atoms with E-state index in [1.54, 1.807) is 0 Å². The molecule has 0 amide bonds. The average molecular weight is 335 g/mol. The summed E-state index contributed by atoms with van der Waals surface area (Å²) in [6.07, 6.45) is 0. The van der Waals surface area contributed by atoms with Gasteiger partial charge in [-0.15, -0.1) is 0 Å².